The molecule has 2 aromatic heterocycles. The van der Waals surface area contributed by atoms with Gasteiger partial charge < -0.3 is 9.72 Å². The maximum atomic E-state index is 13.0. The number of hydrogen-bond acceptors (Lipinski definition) is 2. The topological polar surface area (TPSA) is 46.4 Å². The van der Waals surface area contributed by atoms with Gasteiger partial charge in [-0.3, -0.25) is 4.79 Å². The van der Waals surface area contributed by atoms with Gasteiger partial charge in [0.15, 0.2) is 0 Å². The number of halogens is 1. The molecule has 2 aromatic rings. The van der Waals surface area contributed by atoms with Crippen molar-refractivity contribution in [1.82, 2.24) is 14.7 Å². The Morgan fingerprint density at radius 3 is 2.94 bits per heavy atom. The molecule has 0 atom stereocenters. The van der Waals surface area contributed by atoms with Gasteiger partial charge in [0.1, 0.15) is 17.2 Å². The van der Waals surface area contributed by atoms with E-state index in [9.17, 15) is 9.18 Å². The van der Waals surface area contributed by atoms with Crippen molar-refractivity contribution >= 4 is 11.6 Å². The van der Waals surface area contributed by atoms with E-state index in [0.717, 1.165) is 6.42 Å². The number of fused-ring (bicyclic) bond motifs is 1. The van der Waals surface area contributed by atoms with Crippen molar-refractivity contribution in [2.75, 3.05) is 6.54 Å². The number of carbonyl (C=O) groups is 1. The molecule has 5 heteroatoms. The first kappa shape index (κ1) is 12.5. The summed E-state index contributed by atoms with van der Waals surface area (Å²) in [5, 5.41) is 2.80. The van der Waals surface area contributed by atoms with Crippen LogP contribution in [0.25, 0.3) is 5.65 Å². The van der Waals surface area contributed by atoms with Crippen molar-refractivity contribution in [3.8, 4) is 0 Å². The number of carbonyl (C=O) groups excluding carboxylic acids is 1. The van der Waals surface area contributed by atoms with E-state index < -0.39 is 0 Å². The van der Waals surface area contributed by atoms with E-state index in [1.54, 1.807) is 6.07 Å². The maximum Gasteiger partial charge on any atom is 0.271 e. The Morgan fingerprint density at radius 2 is 2.22 bits per heavy atom. The number of rotatable bonds is 4. The summed E-state index contributed by atoms with van der Waals surface area (Å²) in [4.78, 5) is 15.9. The van der Waals surface area contributed by atoms with Crippen LogP contribution < -0.4 is 5.32 Å². The van der Waals surface area contributed by atoms with Crippen molar-refractivity contribution in [1.29, 1.82) is 0 Å². The molecule has 0 aliphatic rings. The van der Waals surface area contributed by atoms with Crippen LogP contribution in [0.15, 0.2) is 24.5 Å². The van der Waals surface area contributed by atoms with Gasteiger partial charge >= 0.3 is 0 Å². The lowest BCUT2D eigenvalue weighted by Gasteiger charge is -2.04. The molecule has 18 heavy (non-hydrogen) atoms. The smallest absolute Gasteiger partial charge is 0.271 e. The summed E-state index contributed by atoms with van der Waals surface area (Å²) in [7, 11) is 0. The molecule has 96 valence electrons. The second-order valence-electron chi connectivity index (χ2n) is 4.68. The van der Waals surface area contributed by atoms with Crippen molar-refractivity contribution < 1.29 is 9.18 Å². The SMILES string of the molecule is CC(C)CCNC(=O)c1cn2cc(F)ccc2n1. The van der Waals surface area contributed by atoms with Gasteiger partial charge in [-0.15, -0.1) is 0 Å². The number of amides is 1. The monoisotopic (exact) mass is 249 g/mol. The Kier molecular flexibility index (Phi) is 3.60. The summed E-state index contributed by atoms with van der Waals surface area (Å²) in [6.45, 7) is 4.82. The largest absolute Gasteiger partial charge is 0.351 e. The Bertz CT molecular complexity index is 562. The fraction of sp³-hybridized carbons (Fsp3) is 0.385. The molecule has 2 heterocycles. The van der Waals surface area contributed by atoms with Crippen LogP contribution in [0.4, 0.5) is 4.39 Å². The molecule has 1 amide bonds. The zero-order valence-corrected chi connectivity index (χ0v) is 10.5. The first-order valence-electron chi connectivity index (χ1n) is 5.98. The molecule has 0 saturated carbocycles. The number of hydrogen-bond donors (Lipinski definition) is 1. The van der Waals surface area contributed by atoms with Crippen LogP contribution in [-0.4, -0.2) is 21.8 Å². The summed E-state index contributed by atoms with van der Waals surface area (Å²) < 4.78 is 14.5. The molecule has 0 radical (unpaired) electrons. The molecule has 0 aliphatic heterocycles. The summed E-state index contributed by atoms with van der Waals surface area (Å²) in [6, 6.07) is 2.86. The minimum atomic E-state index is -0.355. The van der Waals surface area contributed by atoms with Crippen LogP contribution in [0.1, 0.15) is 30.8 Å². The Morgan fingerprint density at radius 1 is 1.44 bits per heavy atom. The van der Waals surface area contributed by atoms with Gasteiger partial charge in [-0.05, 0) is 24.5 Å². The second kappa shape index (κ2) is 5.16. The third-order valence-corrected chi connectivity index (χ3v) is 2.65. The first-order chi connectivity index (χ1) is 8.56. The second-order valence-corrected chi connectivity index (χ2v) is 4.68. The van der Waals surface area contributed by atoms with E-state index in [4.69, 9.17) is 0 Å². The molecular weight excluding hydrogens is 233 g/mol. The van der Waals surface area contributed by atoms with E-state index in [2.05, 4.69) is 24.1 Å². The predicted octanol–water partition coefficient (Wildman–Crippen LogP) is 2.25. The van der Waals surface area contributed by atoms with Crippen molar-refractivity contribution in [3.05, 3.63) is 36.0 Å². The molecule has 0 unspecified atom stereocenters. The fourth-order valence-corrected chi connectivity index (χ4v) is 1.64. The zero-order chi connectivity index (χ0) is 13.1. The first-order valence-corrected chi connectivity index (χ1v) is 5.98. The lowest BCUT2D eigenvalue weighted by molar-refractivity contribution is 0.0947. The van der Waals surface area contributed by atoms with Gasteiger partial charge in [-0.25, -0.2) is 9.37 Å². The molecule has 2 rings (SSSR count). The number of nitrogens with zero attached hydrogens (tertiary/aromatic N) is 2. The van der Waals surface area contributed by atoms with Crippen LogP contribution in [-0.2, 0) is 0 Å². The van der Waals surface area contributed by atoms with Crippen LogP contribution in [0, 0.1) is 11.7 Å². The fourth-order valence-electron chi connectivity index (χ4n) is 1.64. The van der Waals surface area contributed by atoms with Gasteiger partial charge in [0.05, 0.1) is 0 Å². The molecule has 0 aliphatic carbocycles. The average molecular weight is 249 g/mol. The minimum Gasteiger partial charge on any atom is -0.351 e. The van der Waals surface area contributed by atoms with Crippen molar-refractivity contribution in [2.45, 2.75) is 20.3 Å². The van der Waals surface area contributed by atoms with E-state index >= 15 is 0 Å². The summed E-state index contributed by atoms with van der Waals surface area (Å²) in [5.41, 5.74) is 0.870. The van der Waals surface area contributed by atoms with Gasteiger partial charge in [0.25, 0.3) is 5.91 Å². The molecule has 4 nitrogen and oxygen atoms in total. The van der Waals surface area contributed by atoms with E-state index in [1.807, 2.05) is 0 Å². The predicted molar refractivity (Wildman–Crippen MR) is 66.9 cm³/mol. The Labute approximate surface area is 105 Å². The number of pyridine rings is 1. The van der Waals surface area contributed by atoms with Crippen molar-refractivity contribution in [3.63, 3.8) is 0 Å². The van der Waals surface area contributed by atoms with E-state index in [1.165, 1.54) is 22.9 Å². The quantitative estimate of drug-likeness (QED) is 0.903. The Hall–Kier alpha value is -1.91. The van der Waals surface area contributed by atoms with Gasteiger partial charge in [0, 0.05) is 18.9 Å². The highest BCUT2D eigenvalue weighted by Crippen LogP contribution is 2.07. The van der Waals surface area contributed by atoms with Gasteiger partial charge in [0.2, 0.25) is 0 Å². The normalized spacial score (nSPS) is 11.1. The zero-order valence-electron chi connectivity index (χ0n) is 10.5. The van der Waals surface area contributed by atoms with Crippen LogP contribution in [0.2, 0.25) is 0 Å². The summed E-state index contributed by atoms with van der Waals surface area (Å²) in [5.74, 6) is -0.0353. The summed E-state index contributed by atoms with van der Waals surface area (Å²) in [6.07, 6.45) is 3.75. The lowest BCUT2D eigenvalue weighted by Crippen LogP contribution is -2.25. The van der Waals surface area contributed by atoms with E-state index in [-0.39, 0.29) is 11.7 Å². The third-order valence-electron chi connectivity index (χ3n) is 2.65. The molecule has 0 saturated heterocycles. The molecule has 0 aromatic carbocycles. The standard InChI is InChI=1S/C13H16FN3O/c1-9(2)5-6-15-13(18)11-8-17-7-10(14)3-4-12(17)16-11/h3-4,7-9H,5-6H2,1-2H3,(H,15,18). The molecule has 0 spiro atoms. The Balaban J connectivity index is 2.08. The lowest BCUT2D eigenvalue weighted by atomic mass is 10.1. The average Bonchev–Trinajstić information content (AvgIpc) is 2.71. The third kappa shape index (κ3) is 2.85. The van der Waals surface area contributed by atoms with Crippen LogP contribution >= 0.6 is 0 Å². The van der Waals surface area contributed by atoms with Crippen LogP contribution in [0.3, 0.4) is 0 Å². The molecule has 0 bridgehead atoms. The maximum absolute atomic E-state index is 13.0. The molecule has 0 fully saturated rings. The molecular formula is C13H16FN3O. The highest BCUT2D eigenvalue weighted by molar-refractivity contribution is 5.92. The van der Waals surface area contributed by atoms with Gasteiger partial charge in [-0.2, -0.15) is 0 Å². The summed E-state index contributed by atoms with van der Waals surface area (Å²) >= 11 is 0. The number of nitrogens with one attached hydrogen (secondary N) is 1. The molecule has 1 N–H and O–H groups in total. The highest BCUT2D eigenvalue weighted by atomic mass is 19.1. The van der Waals surface area contributed by atoms with Crippen molar-refractivity contribution in [2.24, 2.45) is 5.92 Å². The van der Waals surface area contributed by atoms with Gasteiger partial charge in [-0.1, -0.05) is 13.8 Å². The minimum absolute atomic E-state index is 0.222. The number of imidazole rings is 1. The highest BCUT2D eigenvalue weighted by Gasteiger charge is 2.10. The van der Waals surface area contributed by atoms with E-state index in [0.29, 0.717) is 23.8 Å². The number of aromatic nitrogens is 2. The van der Waals surface area contributed by atoms with Crippen LogP contribution in [0.5, 0.6) is 0 Å².